The molecule has 4 aromatic carbocycles. The van der Waals surface area contributed by atoms with Crippen molar-refractivity contribution >= 4 is 21.5 Å². The molecule has 0 N–H and O–H groups in total. The van der Waals surface area contributed by atoms with Gasteiger partial charge in [-0.2, -0.15) is 0 Å². The standard InChI is InChI=1S/C25H22/c1-15-17-9-5-6-10-18(17)16(2)21-14-24-22(13-20(15)21)19-11-7-8-12-23(19)25(24,3)4/h5-14H,1-4H3. The van der Waals surface area contributed by atoms with Crippen molar-refractivity contribution in [2.75, 3.05) is 0 Å². The maximum atomic E-state index is 2.46. The van der Waals surface area contributed by atoms with Crippen LogP contribution in [0.25, 0.3) is 32.7 Å². The minimum Gasteiger partial charge on any atom is -0.0619 e. The Morgan fingerprint density at radius 3 is 1.80 bits per heavy atom. The van der Waals surface area contributed by atoms with Crippen LogP contribution in [0.5, 0.6) is 0 Å². The van der Waals surface area contributed by atoms with Gasteiger partial charge in [0.15, 0.2) is 0 Å². The van der Waals surface area contributed by atoms with Crippen LogP contribution in [0, 0.1) is 13.8 Å². The summed E-state index contributed by atoms with van der Waals surface area (Å²) in [4.78, 5) is 0. The van der Waals surface area contributed by atoms with Gasteiger partial charge in [0.25, 0.3) is 0 Å². The first kappa shape index (κ1) is 14.7. The zero-order valence-electron chi connectivity index (χ0n) is 15.3. The summed E-state index contributed by atoms with van der Waals surface area (Å²) in [5.74, 6) is 0. The molecule has 0 spiro atoms. The Hall–Kier alpha value is -2.60. The number of fused-ring (bicyclic) bond motifs is 5. The molecule has 0 atom stereocenters. The summed E-state index contributed by atoms with van der Waals surface area (Å²) in [5, 5.41) is 5.54. The van der Waals surface area contributed by atoms with Gasteiger partial charge in [0, 0.05) is 5.41 Å². The highest BCUT2D eigenvalue weighted by atomic mass is 14.4. The number of rotatable bonds is 0. The molecule has 0 saturated heterocycles. The summed E-state index contributed by atoms with van der Waals surface area (Å²) < 4.78 is 0. The average Bonchev–Trinajstić information content (AvgIpc) is 2.86. The van der Waals surface area contributed by atoms with E-state index in [4.69, 9.17) is 0 Å². The van der Waals surface area contributed by atoms with Crippen molar-refractivity contribution in [2.24, 2.45) is 0 Å². The molecular formula is C25H22. The maximum absolute atomic E-state index is 2.46. The van der Waals surface area contributed by atoms with Crippen LogP contribution in [-0.4, -0.2) is 0 Å². The number of hydrogen-bond donors (Lipinski definition) is 0. The lowest BCUT2D eigenvalue weighted by Gasteiger charge is -2.22. The van der Waals surface area contributed by atoms with Crippen molar-refractivity contribution in [3.8, 4) is 11.1 Å². The fourth-order valence-electron chi connectivity index (χ4n) is 4.80. The zero-order valence-corrected chi connectivity index (χ0v) is 15.3. The monoisotopic (exact) mass is 322 g/mol. The van der Waals surface area contributed by atoms with Crippen molar-refractivity contribution in [3.63, 3.8) is 0 Å². The van der Waals surface area contributed by atoms with Crippen LogP contribution in [0.4, 0.5) is 0 Å². The molecule has 122 valence electrons. The normalized spacial score (nSPS) is 14.7. The number of hydrogen-bond acceptors (Lipinski definition) is 0. The molecule has 0 heteroatoms. The van der Waals surface area contributed by atoms with Crippen LogP contribution in [-0.2, 0) is 5.41 Å². The molecule has 0 fully saturated rings. The second-order valence-corrected chi connectivity index (χ2v) is 7.91. The fraction of sp³-hybridized carbons (Fsp3) is 0.200. The van der Waals surface area contributed by atoms with Gasteiger partial charge in [-0.1, -0.05) is 62.4 Å². The topological polar surface area (TPSA) is 0 Å². The number of aryl methyl sites for hydroxylation is 2. The highest BCUT2D eigenvalue weighted by Crippen LogP contribution is 2.50. The molecule has 0 amide bonds. The third-order valence-electron chi connectivity index (χ3n) is 6.26. The van der Waals surface area contributed by atoms with Crippen molar-refractivity contribution in [2.45, 2.75) is 33.1 Å². The van der Waals surface area contributed by atoms with Crippen molar-refractivity contribution < 1.29 is 0 Å². The van der Waals surface area contributed by atoms with E-state index >= 15 is 0 Å². The highest BCUT2D eigenvalue weighted by Gasteiger charge is 2.35. The molecule has 0 heterocycles. The molecule has 4 aromatic rings. The van der Waals surface area contributed by atoms with E-state index in [9.17, 15) is 0 Å². The van der Waals surface area contributed by atoms with Crippen LogP contribution in [0.15, 0.2) is 60.7 Å². The molecule has 1 aliphatic carbocycles. The minimum absolute atomic E-state index is 0.0616. The van der Waals surface area contributed by atoms with Gasteiger partial charge in [0.1, 0.15) is 0 Å². The molecule has 0 radical (unpaired) electrons. The van der Waals surface area contributed by atoms with E-state index < -0.39 is 0 Å². The predicted octanol–water partition coefficient (Wildman–Crippen LogP) is 6.92. The molecule has 0 aromatic heterocycles. The first-order valence-electron chi connectivity index (χ1n) is 9.06. The van der Waals surface area contributed by atoms with E-state index in [1.54, 1.807) is 0 Å². The Balaban J connectivity index is 1.98. The molecule has 25 heavy (non-hydrogen) atoms. The lowest BCUT2D eigenvalue weighted by Crippen LogP contribution is -2.14. The van der Waals surface area contributed by atoms with E-state index in [2.05, 4.69) is 88.4 Å². The molecule has 0 nitrogen and oxygen atoms in total. The van der Waals surface area contributed by atoms with Gasteiger partial charge in [-0.3, -0.25) is 0 Å². The SMILES string of the molecule is Cc1c2ccccc2c(C)c2cc3c(cc12)-c1ccccc1C3(C)C. The summed E-state index contributed by atoms with van der Waals surface area (Å²) in [6, 6.07) is 22.6. The lowest BCUT2D eigenvalue weighted by atomic mass is 9.81. The largest absolute Gasteiger partial charge is 0.0619 e. The highest BCUT2D eigenvalue weighted by molar-refractivity contribution is 6.07. The summed E-state index contributed by atoms with van der Waals surface area (Å²) in [6.07, 6.45) is 0. The number of benzene rings is 4. The van der Waals surface area contributed by atoms with E-state index in [0.29, 0.717) is 0 Å². The summed E-state index contributed by atoms with van der Waals surface area (Å²) >= 11 is 0. The Labute approximate surface area is 149 Å². The second kappa shape index (κ2) is 4.73. The van der Waals surface area contributed by atoms with Crippen LogP contribution in [0.1, 0.15) is 36.1 Å². The van der Waals surface area contributed by atoms with Crippen LogP contribution in [0.3, 0.4) is 0 Å². The van der Waals surface area contributed by atoms with E-state index in [0.717, 1.165) is 0 Å². The Kier molecular flexibility index (Phi) is 2.78. The van der Waals surface area contributed by atoms with Crippen molar-refractivity contribution in [3.05, 3.63) is 82.9 Å². The van der Waals surface area contributed by atoms with Gasteiger partial charge < -0.3 is 0 Å². The van der Waals surface area contributed by atoms with E-state index in [1.807, 2.05) is 0 Å². The third-order valence-corrected chi connectivity index (χ3v) is 6.26. The predicted molar refractivity (Wildman–Crippen MR) is 108 cm³/mol. The average molecular weight is 322 g/mol. The fourth-order valence-corrected chi connectivity index (χ4v) is 4.80. The maximum Gasteiger partial charge on any atom is 0.0159 e. The molecule has 0 unspecified atom stereocenters. The molecule has 0 aliphatic heterocycles. The molecule has 0 saturated carbocycles. The summed E-state index contributed by atoms with van der Waals surface area (Å²) in [7, 11) is 0. The van der Waals surface area contributed by atoms with Gasteiger partial charge in [-0.15, -0.1) is 0 Å². The Bertz CT molecular complexity index is 1180. The molecular weight excluding hydrogens is 300 g/mol. The smallest absolute Gasteiger partial charge is 0.0159 e. The summed E-state index contributed by atoms with van der Waals surface area (Å²) in [6.45, 7) is 9.24. The first-order chi connectivity index (χ1) is 12.0. The van der Waals surface area contributed by atoms with E-state index in [1.165, 1.54) is 54.9 Å². The molecule has 1 aliphatic rings. The van der Waals surface area contributed by atoms with Gasteiger partial charge in [-0.05, 0) is 80.9 Å². The second-order valence-electron chi connectivity index (χ2n) is 7.91. The van der Waals surface area contributed by atoms with Crippen LogP contribution >= 0.6 is 0 Å². The zero-order chi connectivity index (χ0) is 17.3. The minimum atomic E-state index is 0.0616. The summed E-state index contributed by atoms with van der Waals surface area (Å²) in [5.41, 5.74) is 8.55. The molecule has 5 rings (SSSR count). The van der Waals surface area contributed by atoms with Crippen molar-refractivity contribution in [1.29, 1.82) is 0 Å². The van der Waals surface area contributed by atoms with Crippen LogP contribution < -0.4 is 0 Å². The van der Waals surface area contributed by atoms with Crippen LogP contribution in [0.2, 0.25) is 0 Å². The van der Waals surface area contributed by atoms with Gasteiger partial charge in [0.05, 0.1) is 0 Å². The van der Waals surface area contributed by atoms with E-state index in [-0.39, 0.29) is 5.41 Å². The Morgan fingerprint density at radius 2 is 1.12 bits per heavy atom. The van der Waals surface area contributed by atoms with Gasteiger partial charge in [0.2, 0.25) is 0 Å². The van der Waals surface area contributed by atoms with Gasteiger partial charge in [-0.25, -0.2) is 0 Å². The van der Waals surface area contributed by atoms with Crippen molar-refractivity contribution in [1.82, 2.24) is 0 Å². The quantitative estimate of drug-likeness (QED) is 0.308. The van der Waals surface area contributed by atoms with Gasteiger partial charge >= 0.3 is 0 Å². The third kappa shape index (κ3) is 1.77. The Morgan fingerprint density at radius 1 is 0.560 bits per heavy atom. The lowest BCUT2D eigenvalue weighted by molar-refractivity contribution is 0.661. The molecule has 0 bridgehead atoms. The first-order valence-corrected chi connectivity index (χ1v) is 9.06.